The molecule has 2 N–H and O–H groups in total. The van der Waals surface area contributed by atoms with Gasteiger partial charge in [0.2, 0.25) is 11.8 Å². The van der Waals surface area contributed by atoms with Crippen molar-refractivity contribution in [2.45, 2.75) is 45.4 Å². The van der Waals surface area contributed by atoms with E-state index in [1.54, 1.807) is 11.0 Å². The zero-order valence-corrected chi connectivity index (χ0v) is 19.9. The Morgan fingerprint density at radius 1 is 1.00 bits per heavy atom. The molecule has 1 fully saturated rings. The van der Waals surface area contributed by atoms with Crippen LogP contribution in [0.2, 0.25) is 0 Å². The number of hydrogen-bond donors (Lipinski definition) is 2. The van der Waals surface area contributed by atoms with Crippen LogP contribution in [0, 0.1) is 5.92 Å². The van der Waals surface area contributed by atoms with Crippen LogP contribution in [0.4, 0.5) is 17.1 Å². The van der Waals surface area contributed by atoms with Crippen molar-refractivity contribution in [1.29, 1.82) is 0 Å². The summed E-state index contributed by atoms with van der Waals surface area (Å²) in [6.07, 6.45) is 6.02. The van der Waals surface area contributed by atoms with E-state index in [-0.39, 0.29) is 17.7 Å². The van der Waals surface area contributed by atoms with E-state index in [2.05, 4.69) is 15.5 Å². The van der Waals surface area contributed by atoms with Gasteiger partial charge in [-0.25, -0.2) is 0 Å². The second kappa shape index (κ2) is 11.3. The molecule has 7 heteroatoms. The highest BCUT2D eigenvalue weighted by atomic mass is 16.2. The number of nitrogens with zero attached hydrogens (tertiary/aromatic N) is 2. The van der Waals surface area contributed by atoms with Gasteiger partial charge in [0, 0.05) is 13.0 Å². The molecule has 7 nitrogen and oxygen atoms in total. The largest absolute Gasteiger partial charge is 0.356 e. The van der Waals surface area contributed by atoms with Gasteiger partial charge in [0.05, 0.1) is 29.2 Å². The predicted octanol–water partition coefficient (Wildman–Crippen LogP) is 4.33. The van der Waals surface area contributed by atoms with Gasteiger partial charge in [-0.05, 0) is 62.5 Å². The van der Waals surface area contributed by atoms with E-state index in [0.29, 0.717) is 41.5 Å². The molecular formula is C27H34N4O3. The molecule has 0 atom stereocenters. The topological polar surface area (TPSA) is 81.8 Å². The maximum absolute atomic E-state index is 13.6. The van der Waals surface area contributed by atoms with Crippen LogP contribution in [-0.2, 0) is 9.59 Å². The summed E-state index contributed by atoms with van der Waals surface area (Å²) in [6, 6.07) is 14.7. The molecule has 0 saturated carbocycles. The fourth-order valence-electron chi connectivity index (χ4n) is 4.83. The summed E-state index contributed by atoms with van der Waals surface area (Å²) in [7, 11) is 0. The second-order valence-corrected chi connectivity index (χ2v) is 9.14. The van der Waals surface area contributed by atoms with Crippen molar-refractivity contribution >= 4 is 34.8 Å². The molecule has 0 aromatic heterocycles. The summed E-state index contributed by atoms with van der Waals surface area (Å²) in [5.41, 5.74) is 2.47. The Morgan fingerprint density at radius 3 is 2.47 bits per heavy atom. The minimum absolute atomic E-state index is 0.0264. The molecule has 0 spiro atoms. The monoisotopic (exact) mass is 462 g/mol. The van der Waals surface area contributed by atoms with Gasteiger partial charge in [-0.15, -0.1) is 0 Å². The number of fused-ring (bicyclic) bond motifs is 2. The highest BCUT2D eigenvalue weighted by Crippen LogP contribution is 2.38. The number of nitrogens with one attached hydrogen (secondary N) is 2. The number of carbonyl (C=O) groups excluding carboxylic acids is 3. The van der Waals surface area contributed by atoms with E-state index in [1.165, 1.54) is 6.42 Å². The summed E-state index contributed by atoms with van der Waals surface area (Å²) in [6.45, 7) is 4.76. The summed E-state index contributed by atoms with van der Waals surface area (Å²) >= 11 is 0. The number of likely N-dealkylation sites (tertiary alicyclic amines) is 1. The first kappa shape index (κ1) is 24.0. The summed E-state index contributed by atoms with van der Waals surface area (Å²) < 4.78 is 0. The molecule has 1 saturated heterocycles. The Bertz CT molecular complexity index is 1030. The van der Waals surface area contributed by atoms with Crippen LogP contribution in [0.25, 0.3) is 0 Å². The molecule has 2 aromatic rings. The molecule has 2 aliphatic heterocycles. The van der Waals surface area contributed by atoms with E-state index in [0.717, 1.165) is 45.3 Å². The molecule has 180 valence electrons. The fourth-order valence-corrected chi connectivity index (χ4v) is 4.83. The fraction of sp³-hybridized carbons (Fsp3) is 0.444. The van der Waals surface area contributed by atoms with Gasteiger partial charge in [-0.2, -0.15) is 0 Å². The van der Waals surface area contributed by atoms with E-state index in [9.17, 15) is 14.4 Å². The first-order chi connectivity index (χ1) is 16.6. The van der Waals surface area contributed by atoms with Crippen molar-refractivity contribution < 1.29 is 14.4 Å². The summed E-state index contributed by atoms with van der Waals surface area (Å²) in [5, 5.41) is 5.88. The highest BCUT2D eigenvalue weighted by molar-refractivity contribution is 6.17. The summed E-state index contributed by atoms with van der Waals surface area (Å²) in [5.74, 6) is 0.567. The zero-order chi connectivity index (χ0) is 23.9. The third-order valence-corrected chi connectivity index (χ3v) is 6.78. The number of para-hydroxylation sites is 3. The predicted molar refractivity (Wildman–Crippen MR) is 134 cm³/mol. The smallest absolute Gasteiger partial charge is 0.257 e. The molecule has 2 aromatic carbocycles. The van der Waals surface area contributed by atoms with Crippen molar-refractivity contribution in [1.82, 2.24) is 10.2 Å². The maximum atomic E-state index is 13.6. The van der Waals surface area contributed by atoms with E-state index in [4.69, 9.17) is 0 Å². The van der Waals surface area contributed by atoms with Gasteiger partial charge in [-0.3, -0.25) is 24.2 Å². The van der Waals surface area contributed by atoms with Crippen LogP contribution < -0.4 is 15.5 Å². The number of amides is 3. The first-order valence-corrected chi connectivity index (χ1v) is 12.4. The molecule has 2 aliphatic rings. The number of rotatable bonds is 8. The SMILES string of the molecule is CCC(=O)NCCCCC1CCN(CC(=O)N2c3ccccc3NC(=O)c3ccccc32)CC1. The lowest BCUT2D eigenvalue weighted by Crippen LogP contribution is -2.42. The van der Waals surface area contributed by atoms with Crippen molar-refractivity contribution in [3.8, 4) is 0 Å². The lowest BCUT2D eigenvalue weighted by Gasteiger charge is -2.33. The van der Waals surface area contributed by atoms with Gasteiger partial charge in [0.1, 0.15) is 0 Å². The van der Waals surface area contributed by atoms with E-state index >= 15 is 0 Å². The van der Waals surface area contributed by atoms with Crippen LogP contribution in [0.15, 0.2) is 48.5 Å². The van der Waals surface area contributed by atoms with Crippen molar-refractivity contribution in [2.24, 2.45) is 5.92 Å². The Hall–Kier alpha value is -3.19. The molecule has 3 amide bonds. The second-order valence-electron chi connectivity index (χ2n) is 9.14. The normalized spacial score (nSPS) is 16.3. The van der Waals surface area contributed by atoms with E-state index < -0.39 is 0 Å². The van der Waals surface area contributed by atoms with Crippen LogP contribution in [0.3, 0.4) is 0 Å². The van der Waals surface area contributed by atoms with Gasteiger partial charge in [0.25, 0.3) is 5.91 Å². The number of unbranched alkanes of at least 4 members (excludes halogenated alkanes) is 1. The molecule has 34 heavy (non-hydrogen) atoms. The molecule has 0 aliphatic carbocycles. The first-order valence-electron chi connectivity index (χ1n) is 12.4. The number of piperidine rings is 1. The number of benzene rings is 2. The minimum atomic E-state index is -0.201. The standard InChI is InChI=1S/C27H34N4O3/c1-2-25(32)28-16-8-7-9-20-14-17-30(18-15-20)19-26(33)31-23-12-5-3-10-21(23)27(34)29-22-11-4-6-13-24(22)31/h3-6,10-13,20H,2,7-9,14-19H2,1H3,(H,28,32)(H,29,34). The molecular weight excluding hydrogens is 428 g/mol. The van der Waals surface area contributed by atoms with Crippen molar-refractivity contribution in [3.05, 3.63) is 54.1 Å². The number of hydrogen-bond acceptors (Lipinski definition) is 4. The van der Waals surface area contributed by atoms with E-state index in [1.807, 2.05) is 49.4 Å². The average Bonchev–Trinajstić information content (AvgIpc) is 2.98. The lowest BCUT2D eigenvalue weighted by atomic mass is 9.91. The average molecular weight is 463 g/mol. The number of anilines is 3. The molecule has 2 heterocycles. The lowest BCUT2D eigenvalue weighted by molar-refractivity contribution is -0.121. The van der Waals surface area contributed by atoms with Crippen LogP contribution >= 0.6 is 0 Å². The minimum Gasteiger partial charge on any atom is -0.356 e. The number of carbonyl (C=O) groups is 3. The maximum Gasteiger partial charge on any atom is 0.257 e. The van der Waals surface area contributed by atoms with Gasteiger partial charge in [0.15, 0.2) is 0 Å². The Labute approximate surface area is 201 Å². The van der Waals surface area contributed by atoms with Crippen LogP contribution in [0.1, 0.15) is 55.8 Å². The van der Waals surface area contributed by atoms with Gasteiger partial charge < -0.3 is 10.6 Å². The quantitative estimate of drug-likeness (QED) is 0.573. The van der Waals surface area contributed by atoms with Crippen LogP contribution in [-0.4, -0.2) is 48.8 Å². The third-order valence-electron chi connectivity index (χ3n) is 6.78. The van der Waals surface area contributed by atoms with Gasteiger partial charge in [-0.1, -0.05) is 44.0 Å². The van der Waals surface area contributed by atoms with Crippen molar-refractivity contribution in [2.75, 3.05) is 36.4 Å². The Kier molecular flexibility index (Phi) is 7.95. The van der Waals surface area contributed by atoms with Gasteiger partial charge >= 0.3 is 0 Å². The Balaban J connectivity index is 1.35. The van der Waals surface area contributed by atoms with Crippen LogP contribution in [0.5, 0.6) is 0 Å². The molecule has 4 rings (SSSR count). The highest BCUT2D eigenvalue weighted by Gasteiger charge is 2.30. The zero-order valence-electron chi connectivity index (χ0n) is 19.9. The third kappa shape index (κ3) is 5.65. The molecule has 0 bridgehead atoms. The molecule has 0 radical (unpaired) electrons. The Morgan fingerprint density at radius 2 is 1.71 bits per heavy atom. The molecule has 0 unspecified atom stereocenters. The van der Waals surface area contributed by atoms with Crippen molar-refractivity contribution in [3.63, 3.8) is 0 Å². The summed E-state index contributed by atoms with van der Waals surface area (Å²) in [4.78, 5) is 41.6.